The fourth-order valence-electron chi connectivity index (χ4n) is 3.14. The van der Waals surface area contributed by atoms with E-state index in [1.165, 1.54) is 24.2 Å². The normalized spacial score (nSPS) is 23.3. The van der Waals surface area contributed by atoms with Crippen LogP contribution in [0.25, 0.3) is 0 Å². The molecule has 2 aliphatic rings. The highest BCUT2D eigenvalue weighted by Crippen LogP contribution is 2.22. The largest absolute Gasteiger partial charge is 0.374 e. The van der Waals surface area contributed by atoms with Crippen molar-refractivity contribution in [1.82, 2.24) is 9.88 Å². The Kier molecular flexibility index (Phi) is 5.99. The van der Waals surface area contributed by atoms with Crippen LogP contribution >= 0.6 is 11.3 Å². The first-order valence-corrected chi connectivity index (χ1v) is 9.22. The monoisotopic (exact) mass is 339 g/mol. The molecule has 1 aromatic rings. The van der Waals surface area contributed by atoms with Crippen molar-refractivity contribution in [2.45, 2.75) is 37.9 Å². The molecule has 1 atom stereocenters. The minimum atomic E-state index is -0.0244. The molecule has 6 nitrogen and oxygen atoms in total. The van der Waals surface area contributed by atoms with E-state index in [4.69, 9.17) is 9.47 Å². The fraction of sp³-hybridized carbons (Fsp3) is 0.750. The molecule has 1 aromatic heterocycles. The molecule has 1 aliphatic carbocycles. The first kappa shape index (κ1) is 16.8. The van der Waals surface area contributed by atoms with Crippen LogP contribution in [0.1, 0.15) is 25.7 Å². The lowest BCUT2D eigenvalue weighted by molar-refractivity contribution is -0.125. The van der Waals surface area contributed by atoms with Gasteiger partial charge in [-0.15, -0.1) is 11.3 Å². The van der Waals surface area contributed by atoms with Crippen molar-refractivity contribution in [2.75, 3.05) is 44.8 Å². The van der Waals surface area contributed by atoms with Crippen molar-refractivity contribution in [2.24, 2.45) is 0 Å². The molecule has 0 spiro atoms. The highest BCUT2D eigenvalue weighted by Gasteiger charge is 2.27. The predicted molar refractivity (Wildman–Crippen MR) is 89.9 cm³/mol. The molecule has 1 amide bonds. The molecule has 0 bridgehead atoms. The van der Waals surface area contributed by atoms with Gasteiger partial charge in [-0.25, -0.2) is 4.98 Å². The maximum absolute atomic E-state index is 12.7. The van der Waals surface area contributed by atoms with E-state index in [9.17, 15) is 4.79 Å². The van der Waals surface area contributed by atoms with Crippen molar-refractivity contribution >= 4 is 22.4 Å². The Balaban J connectivity index is 1.59. The Hall–Kier alpha value is -1.02. The molecule has 0 unspecified atom stereocenters. The summed E-state index contributed by atoms with van der Waals surface area (Å²) in [6, 6.07) is 0. The van der Waals surface area contributed by atoms with E-state index in [2.05, 4.69) is 16.9 Å². The number of hydrogen-bond acceptors (Lipinski definition) is 6. The van der Waals surface area contributed by atoms with Crippen molar-refractivity contribution < 1.29 is 14.3 Å². The average molecular weight is 339 g/mol. The second kappa shape index (κ2) is 8.19. The van der Waals surface area contributed by atoms with Crippen LogP contribution in [0.2, 0.25) is 0 Å². The molecule has 1 saturated carbocycles. The van der Waals surface area contributed by atoms with Gasteiger partial charge in [0.05, 0.1) is 25.4 Å². The van der Waals surface area contributed by atoms with E-state index in [0.29, 0.717) is 13.2 Å². The molecule has 2 heterocycles. The lowest BCUT2D eigenvalue weighted by Crippen LogP contribution is -2.48. The van der Waals surface area contributed by atoms with Gasteiger partial charge in [-0.3, -0.25) is 9.69 Å². The number of rotatable bonds is 6. The van der Waals surface area contributed by atoms with Gasteiger partial charge in [-0.1, -0.05) is 12.8 Å². The second-order valence-corrected chi connectivity index (χ2v) is 7.16. The molecule has 23 heavy (non-hydrogen) atoms. The molecule has 2 fully saturated rings. The molecule has 7 heteroatoms. The number of carbonyl (C=O) groups is 1. The Bertz CT molecular complexity index is 491. The number of morpholine rings is 1. The van der Waals surface area contributed by atoms with E-state index < -0.39 is 0 Å². The molecule has 0 radical (unpaired) electrons. The molecule has 128 valence electrons. The maximum Gasteiger partial charge on any atom is 0.254 e. The number of likely N-dealkylation sites (N-methyl/N-ethyl adjacent to an activating group) is 1. The van der Waals surface area contributed by atoms with Crippen molar-refractivity contribution in [3.63, 3.8) is 0 Å². The highest BCUT2D eigenvalue weighted by atomic mass is 32.1. The van der Waals surface area contributed by atoms with Gasteiger partial charge in [0.15, 0.2) is 5.13 Å². The number of carbonyl (C=O) groups excluding carboxylic acids is 1. The first-order valence-electron chi connectivity index (χ1n) is 8.34. The van der Waals surface area contributed by atoms with Crippen LogP contribution in [-0.4, -0.2) is 67.9 Å². The van der Waals surface area contributed by atoms with Crippen LogP contribution in [0.5, 0.6) is 0 Å². The third kappa shape index (κ3) is 4.73. The van der Waals surface area contributed by atoms with Gasteiger partial charge >= 0.3 is 0 Å². The number of anilines is 1. The summed E-state index contributed by atoms with van der Waals surface area (Å²) in [4.78, 5) is 20.9. The molecule has 0 aromatic carbocycles. The SMILES string of the molecule is CN1CCO[C@@H](CN(C(=O)COC2CCCC2)c2nccs2)C1. The van der Waals surface area contributed by atoms with E-state index >= 15 is 0 Å². The summed E-state index contributed by atoms with van der Waals surface area (Å²) in [6.45, 7) is 3.14. The van der Waals surface area contributed by atoms with Crippen LogP contribution in [0.15, 0.2) is 11.6 Å². The summed E-state index contributed by atoms with van der Waals surface area (Å²) in [6.07, 6.45) is 6.55. The molecule has 0 N–H and O–H groups in total. The van der Waals surface area contributed by atoms with Gasteiger partial charge < -0.3 is 14.4 Å². The lowest BCUT2D eigenvalue weighted by Gasteiger charge is -2.33. The zero-order chi connectivity index (χ0) is 16.1. The van der Waals surface area contributed by atoms with E-state index in [1.807, 2.05) is 5.38 Å². The van der Waals surface area contributed by atoms with Gasteiger partial charge in [0, 0.05) is 24.7 Å². The number of nitrogens with zero attached hydrogens (tertiary/aromatic N) is 3. The van der Waals surface area contributed by atoms with Crippen molar-refractivity contribution in [3.05, 3.63) is 11.6 Å². The highest BCUT2D eigenvalue weighted by molar-refractivity contribution is 7.13. The van der Waals surface area contributed by atoms with E-state index in [0.717, 1.165) is 31.1 Å². The first-order chi connectivity index (χ1) is 11.2. The van der Waals surface area contributed by atoms with E-state index in [-0.39, 0.29) is 24.7 Å². The number of ether oxygens (including phenoxy) is 2. The third-order valence-electron chi connectivity index (χ3n) is 4.42. The quantitative estimate of drug-likeness (QED) is 0.790. The summed E-state index contributed by atoms with van der Waals surface area (Å²) >= 11 is 1.48. The number of thiazole rings is 1. The van der Waals surface area contributed by atoms with Crippen LogP contribution in [-0.2, 0) is 14.3 Å². The Morgan fingerprint density at radius 2 is 2.35 bits per heavy atom. The summed E-state index contributed by atoms with van der Waals surface area (Å²) in [7, 11) is 2.08. The van der Waals surface area contributed by atoms with E-state index in [1.54, 1.807) is 11.1 Å². The minimum Gasteiger partial charge on any atom is -0.374 e. The fourth-order valence-corrected chi connectivity index (χ4v) is 3.81. The summed E-state index contributed by atoms with van der Waals surface area (Å²) in [5.74, 6) is -0.0244. The number of hydrogen-bond donors (Lipinski definition) is 0. The van der Waals surface area contributed by atoms with Gasteiger partial charge in [-0.2, -0.15) is 0 Å². The summed E-state index contributed by atoms with van der Waals surface area (Å²) in [5, 5.41) is 2.61. The minimum absolute atomic E-state index is 0.0214. The van der Waals surface area contributed by atoms with Gasteiger partial charge in [0.2, 0.25) is 0 Å². The van der Waals surface area contributed by atoms with Crippen LogP contribution in [0, 0.1) is 0 Å². The number of amides is 1. The molecule has 1 aliphatic heterocycles. The van der Waals surface area contributed by atoms with Crippen molar-refractivity contribution in [1.29, 1.82) is 0 Å². The lowest BCUT2D eigenvalue weighted by atomic mass is 10.2. The predicted octanol–water partition coefficient (Wildman–Crippen LogP) is 1.77. The molecule has 3 rings (SSSR count). The molecular formula is C16H25N3O3S. The molecular weight excluding hydrogens is 314 g/mol. The Morgan fingerprint density at radius 3 is 3.04 bits per heavy atom. The van der Waals surface area contributed by atoms with Crippen LogP contribution in [0.4, 0.5) is 5.13 Å². The van der Waals surface area contributed by atoms with Gasteiger partial charge in [-0.05, 0) is 19.9 Å². The van der Waals surface area contributed by atoms with Crippen LogP contribution in [0.3, 0.4) is 0 Å². The van der Waals surface area contributed by atoms with Crippen LogP contribution < -0.4 is 4.90 Å². The van der Waals surface area contributed by atoms with Gasteiger partial charge in [0.25, 0.3) is 5.91 Å². The average Bonchev–Trinajstić information content (AvgIpc) is 3.23. The Labute approximate surface area is 141 Å². The number of aromatic nitrogens is 1. The van der Waals surface area contributed by atoms with Gasteiger partial charge in [0.1, 0.15) is 6.61 Å². The maximum atomic E-state index is 12.7. The smallest absolute Gasteiger partial charge is 0.254 e. The zero-order valence-corrected chi connectivity index (χ0v) is 14.5. The Morgan fingerprint density at radius 1 is 1.52 bits per heavy atom. The zero-order valence-electron chi connectivity index (χ0n) is 13.6. The standard InChI is InChI=1S/C16H25N3O3S/c1-18-7-8-21-14(10-18)11-19(16-17-6-9-23-16)15(20)12-22-13-4-2-3-5-13/h6,9,13-14H,2-5,7-8,10-12H2,1H3/t14-/m1/s1. The second-order valence-electron chi connectivity index (χ2n) is 6.29. The van der Waals surface area contributed by atoms with Crippen molar-refractivity contribution in [3.8, 4) is 0 Å². The third-order valence-corrected chi connectivity index (χ3v) is 5.22. The summed E-state index contributed by atoms with van der Waals surface area (Å²) in [5.41, 5.74) is 0. The summed E-state index contributed by atoms with van der Waals surface area (Å²) < 4.78 is 11.6. The molecule has 1 saturated heterocycles. The topological polar surface area (TPSA) is 54.9 Å².